The van der Waals surface area contributed by atoms with Gasteiger partial charge in [-0.3, -0.25) is 10.7 Å². The summed E-state index contributed by atoms with van der Waals surface area (Å²) in [4.78, 5) is 10.3. The van der Waals surface area contributed by atoms with Crippen molar-refractivity contribution in [2.75, 3.05) is 7.11 Å². The number of hydrogen-bond acceptors (Lipinski definition) is 2. The summed E-state index contributed by atoms with van der Waals surface area (Å²) in [5, 5.41) is 0. The molecule has 0 spiro atoms. The molecule has 0 aliphatic heterocycles. The smallest absolute Gasteiger partial charge is 0.168 e. The van der Waals surface area contributed by atoms with Gasteiger partial charge in [-0.15, -0.1) is 17.0 Å². The molecule has 0 saturated heterocycles. The Kier molecular flexibility index (Phi) is 15.2. The van der Waals surface area contributed by atoms with E-state index in [2.05, 4.69) is 4.74 Å². The van der Waals surface area contributed by atoms with Crippen LogP contribution in [0, 0.1) is 5.92 Å². The maximum atomic E-state index is 10.3. The molecule has 2 nitrogen and oxygen atoms in total. The number of carbonyl (C=O) groups excluding carboxylic acids is 1. The van der Waals surface area contributed by atoms with Gasteiger partial charge in [0.05, 0.1) is 7.11 Å². The molecule has 0 aliphatic carbocycles. The summed E-state index contributed by atoms with van der Waals surface area (Å²) in [7, 11) is 1.37. The molecule has 52 valence electrons. The zero-order valence-corrected chi connectivity index (χ0v) is 10.6. The van der Waals surface area contributed by atoms with Crippen molar-refractivity contribution in [3.63, 3.8) is 0 Å². The minimum atomic E-state index is -0.236. The van der Waals surface area contributed by atoms with E-state index < -0.39 is 0 Å². The van der Waals surface area contributed by atoms with Gasteiger partial charge < -0.3 is 4.74 Å². The van der Waals surface area contributed by atoms with Crippen LogP contribution in [0.4, 0.5) is 0 Å². The first-order chi connectivity index (χ1) is 3.18. The van der Waals surface area contributed by atoms with E-state index in [4.69, 9.17) is 0 Å². The van der Waals surface area contributed by atoms with Crippen molar-refractivity contribution in [1.82, 2.24) is 0 Å². The molecule has 0 bridgehead atoms. The van der Waals surface area contributed by atoms with Crippen molar-refractivity contribution in [2.24, 2.45) is 0 Å². The average Bonchev–Trinajstić information content (AvgIpc) is 1.65. The third-order valence-electron chi connectivity index (χ3n) is 0.594. The zero-order chi connectivity index (χ0) is 5.86. The molecule has 4 heteroatoms. The predicted octanol–water partition coefficient (Wildman–Crippen LogP) is 1.35. The van der Waals surface area contributed by atoms with Gasteiger partial charge >= 0.3 is 0 Å². The molecule has 0 aromatic rings. The van der Waals surface area contributed by atoms with Gasteiger partial charge in [0, 0.05) is 19.5 Å². The summed E-state index contributed by atoms with van der Waals surface area (Å²) >= 11 is 0. The van der Waals surface area contributed by atoms with Gasteiger partial charge in [-0.1, -0.05) is 0 Å². The zero-order valence-electron chi connectivity index (χ0n) is 5.93. The molecular weight excluding hydrogens is 237 g/mol. The topological polar surface area (TPSA) is 26.3 Å². The first kappa shape index (κ1) is 16.2. The SMILES string of the molecule is Br.COC(=O)[C-](C)C.[Zn]. The molecule has 0 radical (unpaired) electrons. The summed E-state index contributed by atoms with van der Waals surface area (Å²) in [5.74, 6) is 0.447. The summed E-state index contributed by atoms with van der Waals surface area (Å²) in [6.07, 6.45) is 0. The number of halogens is 1. The molecule has 0 fully saturated rings. The van der Waals surface area contributed by atoms with Crippen LogP contribution in [0.5, 0.6) is 0 Å². The Morgan fingerprint density at radius 1 is 1.44 bits per heavy atom. The monoisotopic (exact) mass is 245 g/mol. The van der Waals surface area contributed by atoms with Crippen LogP contribution in [0.2, 0.25) is 0 Å². The number of esters is 1. The van der Waals surface area contributed by atoms with E-state index in [1.165, 1.54) is 7.11 Å². The van der Waals surface area contributed by atoms with Gasteiger partial charge in [-0.05, 0) is 0 Å². The normalized spacial score (nSPS) is 6.11. The average molecular weight is 247 g/mol. The Hall–Kier alpha value is 0.443. The number of carbonyl (C=O) groups is 1. The predicted molar refractivity (Wildman–Crippen MR) is 36.9 cm³/mol. The second-order valence-corrected chi connectivity index (χ2v) is 1.49. The summed E-state index contributed by atoms with van der Waals surface area (Å²) < 4.78 is 4.34. The van der Waals surface area contributed by atoms with Gasteiger partial charge in [-0.2, -0.15) is 13.8 Å². The Morgan fingerprint density at radius 3 is 1.78 bits per heavy atom. The Labute approximate surface area is 78.9 Å². The van der Waals surface area contributed by atoms with E-state index in [-0.39, 0.29) is 42.4 Å². The second kappa shape index (κ2) is 8.44. The third kappa shape index (κ3) is 8.44. The number of rotatable bonds is 1. The fourth-order valence-electron chi connectivity index (χ4n) is 0.204. The van der Waals surface area contributed by atoms with Gasteiger partial charge in [0.25, 0.3) is 0 Å². The minimum Gasteiger partial charge on any atom is -0.491 e. The van der Waals surface area contributed by atoms with Crippen molar-refractivity contribution in [3.8, 4) is 0 Å². The molecule has 0 aromatic carbocycles. The summed E-state index contributed by atoms with van der Waals surface area (Å²) in [5.41, 5.74) is 0. The van der Waals surface area contributed by atoms with E-state index in [1.54, 1.807) is 13.8 Å². The molecular formula is C5H10BrO2Zn-. The van der Waals surface area contributed by atoms with E-state index in [0.29, 0.717) is 5.92 Å². The van der Waals surface area contributed by atoms with Crippen LogP contribution < -0.4 is 0 Å². The molecule has 0 rings (SSSR count). The van der Waals surface area contributed by atoms with E-state index in [0.717, 1.165) is 0 Å². The fraction of sp³-hybridized carbons (Fsp3) is 0.600. The molecule has 0 amide bonds. The number of methoxy groups -OCH3 is 1. The van der Waals surface area contributed by atoms with Crippen molar-refractivity contribution in [1.29, 1.82) is 0 Å². The van der Waals surface area contributed by atoms with Crippen LogP contribution in [0.25, 0.3) is 0 Å². The van der Waals surface area contributed by atoms with Crippen molar-refractivity contribution in [3.05, 3.63) is 5.92 Å². The van der Waals surface area contributed by atoms with Crippen LogP contribution >= 0.6 is 17.0 Å². The summed E-state index contributed by atoms with van der Waals surface area (Å²) in [6.45, 7) is 3.43. The largest absolute Gasteiger partial charge is 0.491 e. The maximum absolute atomic E-state index is 10.3. The van der Waals surface area contributed by atoms with Crippen LogP contribution in [-0.4, -0.2) is 13.1 Å². The van der Waals surface area contributed by atoms with Crippen LogP contribution in [0.3, 0.4) is 0 Å². The van der Waals surface area contributed by atoms with Crippen LogP contribution in [-0.2, 0) is 29.0 Å². The second-order valence-electron chi connectivity index (χ2n) is 1.49. The molecule has 0 unspecified atom stereocenters. The van der Waals surface area contributed by atoms with E-state index in [9.17, 15) is 4.79 Å². The summed E-state index contributed by atoms with van der Waals surface area (Å²) in [6, 6.07) is 0. The molecule has 0 aliphatic rings. The molecule has 0 heterocycles. The first-order valence-corrected chi connectivity index (χ1v) is 2.07. The number of hydrogen-bond donors (Lipinski definition) is 0. The number of ether oxygens (including phenoxy) is 1. The first-order valence-electron chi connectivity index (χ1n) is 2.07. The Bertz CT molecular complexity index is 75.4. The van der Waals surface area contributed by atoms with E-state index >= 15 is 0 Å². The van der Waals surface area contributed by atoms with Gasteiger partial charge in [0.2, 0.25) is 0 Å². The molecule has 0 aromatic heterocycles. The molecule has 0 atom stereocenters. The molecule has 0 saturated carbocycles. The van der Waals surface area contributed by atoms with Crippen molar-refractivity contribution >= 4 is 23.0 Å². The van der Waals surface area contributed by atoms with Gasteiger partial charge in [-0.25, -0.2) is 0 Å². The van der Waals surface area contributed by atoms with Crippen molar-refractivity contribution < 1.29 is 29.0 Å². The van der Waals surface area contributed by atoms with Gasteiger partial charge in [0.15, 0.2) is 5.97 Å². The van der Waals surface area contributed by atoms with Crippen LogP contribution in [0.15, 0.2) is 0 Å². The fourth-order valence-corrected chi connectivity index (χ4v) is 0.204. The minimum absolute atomic E-state index is 0. The Morgan fingerprint density at radius 2 is 1.78 bits per heavy atom. The maximum Gasteiger partial charge on any atom is 0.168 e. The standard InChI is InChI=1S/C5H9O2.BrH.Zn/c1-4(2)5(6)7-3;;/h1-3H3;1H;/q-1;;. The van der Waals surface area contributed by atoms with Crippen LogP contribution in [0.1, 0.15) is 13.8 Å². The molecule has 9 heavy (non-hydrogen) atoms. The van der Waals surface area contributed by atoms with Gasteiger partial charge in [0.1, 0.15) is 0 Å². The quantitative estimate of drug-likeness (QED) is 0.397. The van der Waals surface area contributed by atoms with Crippen molar-refractivity contribution in [2.45, 2.75) is 13.8 Å². The van der Waals surface area contributed by atoms with E-state index in [1.807, 2.05) is 0 Å². The third-order valence-corrected chi connectivity index (χ3v) is 0.594. The molecule has 0 N–H and O–H groups in total. The Balaban J connectivity index is -0.000000180.